The van der Waals surface area contributed by atoms with Crippen LogP contribution >= 0.6 is 0 Å². The fraction of sp³-hybridized carbons (Fsp3) is 0.385. The second-order valence-electron chi connectivity index (χ2n) is 7.98. The molecule has 0 aromatic heterocycles. The second-order valence-corrected chi connectivity index (χ2v) is 7.98. The van der Waals surface area contributed by atoms with Crippen molar-refractivity contribution in [1.82, 2.24) is 9.80 Å². The molecule has 1 aliphatic rings. The molecule has 176 valence electrons. The molecule has 2 aromatic carbocycles. The summed E-state index contributed by atoms with van der Waals surface area (Å²) in [7, 11) is 3.13. The summed E-state index contributed by atoms with van der Waals surface area (Å²) < 4.78 is 10.6. The number of carbonyl (C=O) groups excluding carboxylic acids is 2. The van der Waals surface area contributed by atoms with Gasteiger partial charge in [-0.05, 0) is 61.5 Å². The lowest BCUT2D eigenvalue weighted by atomic mass is 9.93. The molecular weight excluding hydrogens is 420 g/mol. The molecule has 2 aromatic rings. The molecule has 1 aliphatic heterocycles. The van der Waals surface area contributed by atoms with Gasteiger partial charge in [-0.2, -0.15) is 0 Å². The lowest BCUT2D eigenvalue weighted by Gasteiger charge is -2.28. The van der Waals surface area contributed by atoms with Crippen molar-refractivity contribution in [2.45, 2.75) is 26.8 Å². The minimum atomic E-state index is -0.711. The van der Waals surface area contributed by atoms with Gasteiger partial charge in [-0.25, -0.2) is 0 Å². The van der Waals surface area contributed by atoms with Crippen molar-refractivity contribution in [3.63, 3.8) is 0 Å². The number of methoxy groups -OCH3 is 2. The number of likely N-dealkylation sites (N-methyl/N-ethyl adjacent to an activating group) is 1. The van der Waals surface area contributed by atoms with Crippen molar-refractivity contribution < 1.29 is 24.2 Å². The van der Waals surface area contributed by atoms with Crippen LogP contribution in [0.25, 0.3) is 5.76 Å². The van der Waals surface area contributed by atoms with Crippen LogP contribution in [-0.2, 0) is 9.59 Å². The number of aliphatic hydroxyl groups excluding tert-OH is 1. The number of hydrogen-bond donors (Lipinski definition) is 1. The number of amides is 1. The highest BCUT2D eigenvalue weighted by molar-refractivity contribution is 6.46. The zero-order valence-corrected chi connectivity index (χ0v) is 19.9. The summed E-state index contributed by atoms with van der Waals surface area (Å²) in [6, 6.07) is 11.8. The number of ether oxygens (including phenoxy) is 2. The van der Waals surface area contributed by atoms with Crippen LogP contribution in [0, 0.1) is 6.92 Å². The summed E-state index contributed by atoms with van der Waals surface area (Å²) in [5.74, 6) is -0.222. The van der Waals surface area contributed by atoms with Gasteiger partial charge in [0.1, 0.15) is 17.3 Å². The minimum absolute atomic E-state index is 0.0843. The number of rotatable bonds is 9. The standard InChI is InChI=1S/C26H32N2O5/c1-6-27(7-2)13-14-28-23(18-9-8-10-19(16-18)32-4)22(25(30)26(28)31)24(29)21-12-11-20(33-5)15-17(21)3/h8-12,15-16,23,29H,6-7,13-14H2,1-5H3/b24-22-. The molecule has 33 heavy (non-hydrogen) atoms. The quantitative estimate of drug-likeness (QED) is 0.354. The van der Waals surface area contributed by atoms with Gasteiger partial charge in [0.25, 0.3) is 11.7 Å². The zero-order valence-electron chi connectivity index (χ0n) is 19.9. The molecule has 0 saturated carbocycles. The Morgan fingerprint density at radius 3 is 2.30 bits per heavy atom. The third-order valence-corrected chi connectivity index (χ3v) is 6.19. The average molecular weight is 453 g/mol. The van der Waals surface area contributed by atoms with Gasteiger partial charge in [0.15, 0.2) is 0 Å². The maximum Gasteiger partial charge on any atom is 0.295 e. The molecule has 0 spiro atoms. The van der Waals surface area contributed by atoms with Crippen molar-refractivity contribution in [2.24, 2.45) is 0 Å². The van der Waals surface area contributed by atoms with Gasteiger partial charge >= 0.3 is 0 Å². The molecule has 0 radical (unpaired) electrons. The monoisotopic (exact) mass is 452 g/mol. The number of likely N-dealkylation sites (tertiary alicyclic amines) is 1. The minimum Gasteiger partial charge on any atom is -0.507 e. The molecule has 1 amide bonds. The van der Waals surface area contributed by atoms with Gasteiger partial charge in [0, 0.05) is 18.7 Å². The number of Topliss-reactive ketones (excluding diaryl/α,β-unsaturated/α-hetero) is 1. The van der Waals surface area contributed by atoms with E-state index in [1.165, 1.54) is 0 Å². The number of aryl methyl sites for hydroxylation is 1. The van der Waals surface area contributed by atoms with Gasteiger partial charge in [-0.3, -0.25) is 9.59 Å². The third-order valence-electron chi connectivity index (χ3n) is 6.19. The van der Waals surface area contributed by atoms with E-state index in [9.17, 15) is 14.7 Å². The molecule has 7 heteroatoms. The van der Waals surface area contributed by atoms with Crippen molar-refractivity contribution in [3.05, 3.63) is 64.7 Å². The van der Waals surface area contributed by atoms with Crippen LogP contribution in [0.3, 0.4) is 0 Å². The van der Waals surface area contributed by atoms with Crippen molar-refractivity contribution in [2.75, 3.05) is 40.4 Å². The van der Waals surface area contributed by atoms with Crippen LogP contribution in [-0.4, -0.2) is 67.0 Å². The number of aliphatic hydroxyl groups is 1. The topological polar surface area (TPSA) is 79.3 Å². The van der Waals surface area contributed by atoms with Crippen LogP contribution in [0.4, 0.5) is 0 Å². The van der Waals surface area contributed by atoms with Crippen LogP contribution in [0.1, 0.15) is 36.6 Å². The van der Waals surface area contributed by atoms with Crippen molar-refractivity contribution in [3.8, 4) is 11.5 Å². The first kappa shape index (κ1) is 24.3. The van der Waals surface area contributed by atoms with E-state index in [4.69, 9.17) is 9.47 Å². The van der Waals surface area contributed by atoms with Gasteiger partial charge in [0.05, 0.1) is 25.8 Å². The van der Waals surface area contributed by atoms with Crippen molar-refractivity contribution >= 4 is 17.4 Å². The molecule has 1 unspecified atom stereocenters. The Hall–Kier alpha value is -3.32. The molecule has 1 atom stereocenters. The summed E-state index contributed by atoms with van der Waals surface area (Å²) in [6.45, 7) is 8.63. The van der Waals surface area contributed by atoms with Crippen LogP contribution in [0.5, 0.6) is 11.5 Å². The smallest absolute Gasteiger partial charge is 0.295 e. The molecule has 0 bridgehead atoms. The van der Waals surface area contributed by atoms with E-state index in [0.29, 0.717) is 35.7 Å². The molecule has 3 rings (SSSR count). The predicted octanol–water partition coefficient (Wildman–Crippen LogP) is 3.78. The maximum absolute atomic E-state index is 13.2. The summed E-state index contributed by atoms with van der Waals surface area (Å²) in [6.07, 6.45) is 0. The highest BCUT2D eigenvalue weighted by Gasteiger charge is 2.46. The lowest BCUT2D eigenvalue weighted by Crippen LogP contribution is -2.38. The SMILES string of the molecule is CCN(CC)CCN1C(=O)C(=O)/C(=C(\O)c2ccc(OC)cc2C)C1c1cccc(OC)c1. The Morgan fingerprint density at radius 2 is 1.70 bits per heavy atom. The van der Waals surface area contributed by atoms with E-state index in [2.05, 4.69) is 18.7 Å². The summed E-state index contributed by atoms with van der Waals surface area (Å²) in [5, 5.41) is 11.3. The van der Waals surface area contributed by atoms with Gasteiger partial charge in [0.2, 0.25) is 0 Å². The first-order chi connectivity index (χ1) is 15.9. The zero-order chi connectivity index (χ0) is 24.1. The fourth-order valence-electron chi connectivity index (χ4n) is 4.23. The number of carbonyl (C=O) groups is 2. The summed E-state index contributed by atoms with van der Waals surface area (Å²) in [5.41, 5.74) is 2.03. The van der Waals surface area contributed by atoms with Gasteiger partial charge in [-0.15, -0.1) is 0 Å². The molecule has 1 fully saturated rings. The number of hydrogen-bond acceptors (Lipinski definition) is 6. The molecule has 1 heterocycles. The van der Waals surface area contributed by atoms with E-state index >= 15 is 0 Å². The fourth-order valence-corrected chi connectivity index (χ4v) is 4.23. The predicted molar refractivity (Wildman–Crippen MR) is 128 cm³/mol. The second kappa shape index (κ2) is 10.5. The largest absolute Gasteiger partial charge is 0.507 e. The molecule has 1 saturated heterocycles. The van der Waals surface area contributed by atoms with Crippen LogP contribution < -0.4 is 9.47 Å². The van der Waals surface area contributed by atoms with E-state index in [1.54, 1.807) is 49.5 Å². The van der Waals surface area contributed by atoms with Crippen LogP contribution in [0.15, 0.2) is 48.0 Å². The van der Waals surface area contributed by atoms with Gasteiger partial charge in [-0.1, -0.05) is 26.0 Å². The Labute approximate surface area is 195 Å². The third kappa shape index (κ3) is 4.88. The average Bonchev–Trinajstić information content (AvgIpc) is 3.09. The molecule has 0 aliphatic carbocycles. The van der Waals surface area contributed by atoms with E-state index in [1.807, 2.05) is 19.1 Å². The highest BCUT2D eigenvalue weighted by Crippen LogP contribution is 2.40. The maximum atomic E-state index is 13.2. The van der Waals surface area contributed by atoms with Crippen LogP contribution in [0.2, 0.25) is 0 Å². The Kier molecular flexibility index (Phi) is 7.76. The number of benzene rings is 2. The normalized spacial score (nSPS) is 17.6. The first-order valence-corrected chi connectivity index (χ1v) is 11.2. The number of nitrogens with zero attached hydrogens (tertiary/aromatic N) is 2. The Balaban J connectivity index is 2.14. The molecule has 1 N–H and O–H groups in total. The Bertz CT molecular complexity index is 1060. The highest BCUT2D eigenvalue weighted by atomic mass is 16.5. The summed E-state index contributed by atoms with van der Waals surface area (Å²) >= 11 is 0. The first-order valence-electron chi connectivity index (χ1n) is 11.2. The lowest BCUT2D eigenvalue weighted by molar-refractivity contribution is -0.140. The van der Waals surface area contributed by atoms with E-state index in [-0.39, 0.29) is 11.3 Å². The molecular formula is C26H32N2O5. The molecule has 7 nitrogen and oxygen atoms in total. The van der Waals surface area contributed by atoms with Gasteiger partial charge < -0.3 is 24.4 Å². The number of ketones is 1. The van der Waals surface area contributed by atoms with E-state index in [0.717, 1.165) is 18.7 Å². The van der Waals surface area contributed by atoms with E-state index < -0.39 is 17.7 Å². The Morgan fingerprint density at radius 1 is 1.03 bits per heavy atom. The summed E-state index contributed by atoms with van der Waals surface area (Å²) in [4.78, 5) is 30.1. The van der Waals surface area contributed by atoms with Crippen molar-refractivity contribution in [1.29, 1.82) is 0 Å².